The Hall–Kier alpha value is -2.30. The van der Waals surface area contributed by atoms with Crippen LogP contribution in [-0.2, 0) is 16.1 Å². The van der Waals surface area contributed by atoms with E-state index < -0.39 is 5.97 Å². The van der Waals surface area contributed by atoms with Crippen molar-refractivity contribution in [1.29, 1.82) is 0 Å². The second kappa shape index (κ2) is 5.56. The second-order valence-corrected chi connectivity index (χ2v) is 4.57. The van der Waals surface area contributed by atoms with Gasteiger partial charge in [0.05, 0.1) is 6.42 Å². The third-order valence-corrected chi connectivity index (χ3v) is 2.88. The van der Waals surface area contributed by atoms with Crippen LogP contribution >= 0.6 is 0 Å². The van der Waals surface area contributed by atoms with Gasteiger partial charge < -0.3 is 15.0 Å². The molecule has 0 fully saturated rings. The van der Waals surface area contributed by atoms with Crippen LogP contribution in [0.5, 0.6) is 0 Å². The van der Waals surface area contributed by atoms with Gasteiger partial charge in [0.15, 0.2) is 0 Å². The van der Waals surface area contributed by atoms with Gasteiger partial charge in [-0.3, -0.25) is 9.59 Å². The summed E-state index contributed by atoms with van der Waals surface area (Å²) in [6, 6.07) is 9.38. The molecule has 0 spiro atoms. The molecule has 100 valence electrons. The van der Waals surface area contributed by atoms with Crippen molar-refractivity contribution >= 4 is 22.8 Å². The van der Waals surface area contributed by atoms with Gasteiger partial charge in [0, 0.05) is 17.8 Å². The number of carbonyl (C=O) groups is 2. The Bertz CT molecular complexity index is 604. The van der Waals surface area contributed by atoms with E-state index in [-0.39, 0.29) is 24.9 Å². The van der Waals surface area contributed by atoms with Gasteiger partial charge in [-0.15, -0.1) is 0 Å². The number of rotatable bonds is 5. The normalized spacial score (nSPS) is 12.3. The third kappa shape index (κ3) is 3.34. The minimum absolute atomic E-state index is 0.0713. The van der Waals surface area contributed by atoms with Crippen LogP contribution in [-0.4, -0.2) is 27.6 Å². The summed E-state index contributed by atoms with van der Waals surface area (Å²) in [6.07, 6.45) is 1.78. The summed E-state index contributed by atoms with van der Waals surface area (Å²) in [7, 11) is 0. The minimum Gasteiger partial charge on any atom is -0.481 e. The van der Waals surface area contributed by atoms with Gasteiger partial charge in [-0.25, -0.2) is 0 Å². The number of fused-ring (bicyclic) bond motifs is 1. The lowest BCUT2D eigenvalue weighted by molar-refractivity contribution is -0.137. The summed E-state index contributed by atoms with van der Waals surface area (Å²) in [5.74, 6) is -1.10. The van der Waals surface area contributed by atoms with Crippen LogP contribution in [0.1, 0.15) is 13.3 Å². The molecule has 0 saturated heterocycles. The molecule has 2 rings (SSSR count). The average molecular weight is 260 g/mol. The summed E-state index contributed by atoms with van der Waals surface area (Å²) in [4.78, 5) is 22.3. The van der Waals surface area contributed by atoms with Crippen LogP contribution in [0.15, 0.2) is 36.5 Å². The Morgan fingerprint density at radius 2 is 2.05 bits per heavy atom. The molecule has 1 aromatic carbocycles. The standard InChI is InChI=1S/C14H16N2O3/c1-10(8-14(18)19)15-13(17)9-16-7-6-11-4-2-3-5-12(11)16/h2-7,10H,8-9H2,1H3,(H,15,17)(H,18,19)/t10-/m1/s1. The fraction of sp³-hybridized carbons (Fsp3) is 0.286. The van der Waals surface area contributed by atoms with E-state index in [1.54, 1.807) is 6.92 Å². The number of carbonyl (C=O) groups excluding carboxylic acids is 1. The van der Waals surface area contributed by atoms with Crippen molar-refractivity contribution in [1.82, 2.24) is 9.88 Å². The highest BCUT2D eigenvalue weighted by atomic mass is 16.4. The topological polar surface area (TPSA) is 71.3 Å². The SMILES string of the molecule is C[C@H](CC(=O)O)NC(=O)Cn1ccc2ccccc21. The van der Waals surface area contributed by atoms with Crippen LogP contribution < -0.4 is 5.32 Å². The number of aromatic nitrogens is 1. The van der Waals surface area contributed by atoms with E-state index in [0.29, 0.717) is 0 Å². The van der Waals surface area contributed by atoms with E-state index in [2.05, 4.69) is 5.32 Å². The Labute approximate surface area is 110 Å². The Balaban J connectivity index is 2.01. The number of amides is 1. The van der Waals surface area contributed by atoms with E-state index >= 15 is 0 Å². The highest BCUT2D eigenvalue weighted by Crippen LogP contribution is 2.14. The molecule has 0 bridgehead atoms. The lowest BCUT2D eigenvalue weighted by atomic mass is 10.2. The van der Waals surface area contributed by atoms with Crippen LogP contribution in [0.3, 0.4) is 0 Å². The van der Waals surface area contributed by atoms with Crippen molar-refractivity contribution in [3.8, 4) is 0 Å². The molecule has 19 heavy (non-hydrogen) atoms. The zero-order valence-electron chi connectivity index (χ0n) is 10.7. The monoisotopic (exact) mass is 260 g/mol. The zero-order chi connectivity index (χ0) is 13.8. The highest BCUT2D eigenvalue weighted by Gasteiger charge is 2.11. The number of nitrogens with zero attached hydrogens (tertiary/aromatic N) is 1. The van der Waals surface area contributed by atoms with Gasteiger partial charge in [-0.2, -0.15) is 0 Å². The first-order chi connectivity index (χ1) is 9.06. The lowest BCUT2D eigenvalue weighted by Gasteiger charge is -2.12. The molecule has 1 amide bonds. The van der Waals surface area contributed by atoms with Crippen LogP contribution in [0.4, 0.5) is 0 Å². The van der Waals surface area contributed by atoms with E-state index in [1.807, 2.05) is 41.1 Å². The van der Waals surface area contributed by atoms with E-state index in [0.717, 1.165) is 10.9 Å². The molecular weight excluding hydrogens is 244 g/mol. The first-order valence-electron chi connectivity index (χ1n) is 6.11. The van der Waals surface area contributed by atoms with Gasteiger partial charge in [-0.05, 0) is 24.4 Å². The smallest absolute Gasteiger partial charge is 0.305 e. The van der Waals surface area contributed by atoms with Crippen molar-refractivity contribution in [2.24, 2.45) is 0 Å². The van der Waals surface area contributed by atoms with Gasteiger partial charge in [-0.1, -0.05) is 18.2 Å². The molecule has 5 heteroatoms. The quantitative estimate of drug-likeness (QED) is 0.858. The number of para-hydroxylation sites is 1. The van der Waals surface area contributed by atoms with Crippen molar-refractivity contribution in [2.75, 3.05) is 0 Å². The first kappa shape index (κ1) is 13.1. The number of carboxylic acids is 1. The summed E-state index contributed by atoms with van der Waals surface area (Å²) < 4.78 is 1.85. The number of hydrogen-bond acceptors (Lipinski definition) is 2. The fourth-order valence-electron chi connectivity index (χ4n) is 2.07. The molecular formula is C14H16N2O3. The van der Waals surface area contributed by atoms with E-state index in [4.69, 9.17) is 5.11 Å². The van der Waals surface area contributed by atoms with Crippen LogP contribution in [0, 0.1) is 0 Å². The fourth-order valence-corrected chi connectivity index (χ4v) is 2.07. The van der Waals surface area contributed by atoms with Crippen molar-refractivity contribution in [3.05, 3.63) is 36.5 Å². The molecule has 0 saturated carbocycles. The third-order valence-electron chi connectivity index (χ3n) is 2.88. The largest absolute Gasteiger partial charge is 0.481 e. The predicted octanol–water partition coefficient (Wildman–Crippen LogP) is 1.62. The maximum Gasteiger partial charge on any atom is 0.305 e. The molecule has 1 aromatic heterocycles. The van der Waals surface area contributed by atoms with Crippen molar-refractivity contribution in [3.63, 3.8) is 0 Å². The molecule has 2 aromatic rings. The Morgan fingerprint density at radius 3 is 2.79 bits per heavy atom. The van der Waals surface area contributed by atoms with Crippen molar-refractivity contribution in [2.45, 2.75) is 25.9 Å². The van der Waals surface area contributed by atoms with Gasteiger partial charge in [0.1, 0.15) is 6.54 Å². The van der Waals surface area contributed by atoms with E-state index in [1.165, 1.54) is 0 Å². The average Bonchev–Trinajstić information content (AvgIpc) is 2.71. The summed E-state index contributed by atoms with van der Waals surface area (Å²) in [5.41, 5.74) is 0.989. The van der Waals surface area contributed by atoms with E-state index in [9.17, 15) is 9.59 Å². The molecule has 0 aliphatic rings. The molecule has 0 radical (unpaired) electrons. The summed E-state index contributed by atoms with van der Waals surface area (Å²) in [5, 5.41) is 12.4. The molecule has 0 unspecified atom stereocenters. The Morgan fingerprint density at radius 1 is 1.32 bits per heavy atom. The molecule has 1 atom stereocenters. The number of carboxylic acid groups (broad SMARTS) is 1. The molecule has 0 aliphatic heterocycles. The van der Waals surface area contributed by atoms with Gasteiger partial charge in [0.25, 0.3) is 0 Å². The number of aliphatic carboxylic acids is 1. The molecule has 5 nitrogen and oxygen atoms in total. The lowest BCUT2D eigenvalue weighted by Crippen LogP contribution is -2.36. The maximum atomic E-state index is 11.8. The highest BCUT2D eigenvalue weighted by molar-refractivity contribution is 5.83. The first-order valence-corrected chi connectivity index (χ1v) is 6.11. The molecule has 2 N–H and O–H groups in total. The number of nitrogens with one attached hydrogen (secondary N) is 1. The Kier molecular flexibility index (Phi) is 3.85. The molecule has 1 heterocycles. The van der Waals surface area contributed by atoms with Crippen molar-refractivity contribution < 1.29 is 14.7 Å². The summed E-state index contributed by atoms with van der Waals surface area (Å²) >= 11 is 0. The summed E-state index contributed by atoms with van der Waals surface area (Å²) in [6.45, 7) is 1.87. The zero-order valence-corrected chi connectivity index (χ0v) is 10.7. The van der Waals surface area contributed by atoms with Crippen LogP contribution in [0.2, 0.25) is 0 Å². The second-order valence-electron chi connectivity index (χ2n) is 4.57. The van der Waals surface area contributed by atoms with Gasteiger partial charge >= 0.3 is 5.97 Å². The number of benzene rings is 1. The number of hydrogen-bond donors (Lipinski definition) is 2. The molecule has 0 aliphatic carbocycles. The van der Waals surface area contributed by atoms with Gasteiger partial charge in [0.2, 0.25) is 5.91 Å². The maximum absolute atomic E-state index is 11.8. The predicted molar refractivity (Wildman–Crippen MR) is 71.8 cm³/mol. The minimum atomic E-state index is -0.917. The van der Waals surface area contributed by atoms with Crippen LogP contribution in [0.25, 0.3) is 10.9 Å².